The van der Waals surface area contributed by atoms with E-state index in [1.807, 2.05) is 0 Å². The number of hydrogen-bond acceptors (Lipinski definition) is 4. The predicted octanol–water partition coefficient (Wildman–Crippen LogP) is 3.50. The van der Waals surface area contributed by atoms with Gasteiger partial charge in [-0.15, -0.1) is 0 Å². The van der Waals surface area contributed by atoms with Crippen molar-refractivity contribution in [2.24, 2.45) is 0 Å². The number of amides is 2. The largest absolute Gasteiger partial charge is 0.349 e. The number of rotatable bonds is 5. The summed E-state index contributed by atoms with van der Waals surface area (Å²) in [5, 5.41) is 6.13. The van der Waals surface area contributed by atoms with E-state index >= 15 is 0 Å². The van der Waals surface area contributed by atoms with Gasteiger partial charge >= 0.3 is 0 Å². The summed E-state index contributed by atoms with van der Waals surface area (Å²) in [5.41, 5.74) is 1.73. The molecule has 2 aromatic rings. The Morgan fingerprint density at radius 3 is 2.53 bits per heavy atom. The van der Waals surface area contributed by atoms with Crippen molar-refractivity contribution in [1.82, 2.24) is 10.2 Å². The highest BCUT2D eigenvalue weighted by Crippen LogP contribution is 2.40. The van der Waals surface area contributed by atoms with Crippen LogP contribution in [0.3, 0.4) is 0 Å². The Kier molecular flexibility index (Phi) is 6.37. The molecule has 168 valence electrons. The molecule has 1 spiro atoms. The number of nitrogens with one attached hydrogen (secondary N) is 2. The molecule has 2 aromatic carbocycles. The molecule has 0 radical (unpaired) electrons. The quantitative estimate of drug-likeness (QED) is 0.702. The molecule has 2 fully saturated rings. The van der Waals surface area contributed by atoms with Gasteiger partial charge in [-0.3, -0.25) is 19.3 Å². The SMILES string of the molecule is CC(=O)c1ccc(NC(=O)CN2C[C@@H](c3ccc(F)cc3)[C@@]3(CCCCC(=O)N3)C2)cc1. The van der Waals surface area contributed by atoms with Gasteiger partial charge in [0.05, 0.1) is 12.1 Å². The molecule has 0 bridgehead atoms. The number of nitrogens with zero attached hydrogens (tertiary/aromatic N) is 1. The number of carbonyl (C=O) groups is 3. The van der Waals surface area contributed by atoms with E-state index in [1.54, 1.807) is 36.4 Å². The van der Waals surface area contributed by atoms with Crippen LogP contribution in [0.15, 0.2) is 48.5 Å². The molecule has 2 aliphatic heterocycles. The molecule has 0 unspecified atom stereocenters. The fourth-order valence-corrected chi connectivity index (χ4v) is 4.95. The molecule has 2 atom stereocenters. The molecule has 2 saturated heterocycles. The highest BCUT2D eigenvalue weighted by Gasteiger charge is 2.48. The summed E-state index contributed by atoms with van der Waals surface area (Å²) >= 11 is 0. The number of halogens is 1. The van der Waals surface area contributed by atoms with Crippen LogP contribution >= 0.6 is 0 Å². The smallest absolute Gasteiger partial charge is 0.238 e. The van der Waals surface area contributed by atoms with Crippen LogP contribution < -0.4 is 10.6 Å². The Labute approximate surface area is 187 Å². The van der Waals surface area contributed by atoms with Crippen molar-refractivity contribution in [2.45, 2.75) is 44.1 Å². The molecule has 2 N–H and O–H groups in total. The van der Waals surface area contributed by atoms with Crippen molar-refractivity contribution < 1.29 is 18.8 Å². The minimum absolute atomic E-state index is 0.0206. The van der Waals surface area contributed by atoms with Gasteiger partial charge in [-0.05, 0) is 61.7 Å². The lowest BCUT2D eigenvalue weighted by atomic mass is 9.79. The predicted molar refractivity (Wildman–Crippen MR) is 120 cm³/mol. The number of benzene rings is 2. The Morgan fingerprint density at radius 1 is 1.12 bits per heavy atom. The maximum atomic E-state index is 13.5. The summed E-state index contributed by atoms with van der Waals surface area (Å²) in [6.07, 6.45) is 3.11. The number of likely N-dealkylation sites (tertiary alicyclic amines) is 1. The lowest BCUT2D eigenvalue weighted by Gasteiger charge is -2.35. The van der Waals surface area contributed by atoms with Crippen LogP contribution in [0.1, 0.15) is 54.4 Å². The monoisotopic (exact) mass is 437 g/mol. The third-order valence-corrected chi connectivity index (χ3v) is 6.49. The van der Waals surface area contributed by atoms with Gasteiger partial charge in [-0.2, -0.15) is 0 Å². The van der Waals surface area contributed by atoms with Crippen LogP contribution in [0.25, 0.3) is 0 Å². The number of ketones is 1. The van der Waals surface area contributed by atoms with Gasteiger partial charge in [-0.1, -0.05) is 18.6 Å². The fourth-order valence-electron chi connectivity index (χ4n) is 4.95. The van der Waals surface area contributed by atoms with Crippen LogP contribution in [-0.4, -0.2) is 47.7 Å². The lowest BCUT2D eigenvalue weighted by molar-refractivity contribution is -0.122. The van der Waals surface area contributed by atoms with Gasteiger partial charge in [-0.25, -0.2) is 4.39 Å². The van der Waals surface area contributed by atoms with Crippen molar-refractivity contribution in [3.05, 3.63) is 65.5 Å². The first-order valence-electron chi connectivity index (χ1n) is 11.0. The molecular formula is C25H28FN3O3. The summed E-state index contributed by atoms with van der Waals surface area (Å²) < 4.78 is 13.5. The first-order chi connectivity index (χ1) is 15.3. The number of carbonyl (C=O) groups excluding carboxylic acids is 3. The standard InChI is InChI=1S/C25H28FN3O3/c1-17(30)18-7-11-21(12-8-18)27-24(32)15-29-14-22(19-5-9-20(26)10-6-19)25(16-29)13-3-2-4-23(31)28-25/h5-12,22H,2-4,13-16H2,1H3,(H,27,32)(H,28,31)/t22-,25+/m0/s1. The van der Waals surface area contributed by atoms with Crippen LogP contribution in [0.4, 0.5) is 10.1 Å². The molecule has 2 aliphatic rings. The Morgan fingerprint density at radius 2 is 1.84 bits per heavy atom. The first kappa shape index (κ1) is 22.1. The van der Waals surface area contributed by atoms with Gasteiger partial charge < -0.3 is 10.6 Å². The molecule has 0 saturated carbocycles. The number of anilines is 1. The topological polar surface area (TPSA) is 78.5 Å². The van der Waals surface area contributed by atoms with E-state index < -0.39 is 5.54 Å². The molecule has 2 heterocycles. The van der Waals surface area contributed by atoms with E-state index in [-0.39, 0.29) is 35.9 Å². The van der Waals surface area contributed by atoms with Crippen LogP contribution in [0, 0.1) is 5.82 Å². The second-order valence-electron chi connectivity index (χ2n) is 8.87. The second-order valence-corrected chi connectivity index (χ2v) is 8.87. The van der Waals surface area contributed by atoms with E-state index in [4.69, 9.17) is 0 Å². The van der Waals surface area contributed by atoms with Crippen LogP contribution in [0.5, 0.6) is 0 Å². The number of Topliss-reactive ketones (excluding diaryl/α,β-unsaturated/α-hetero) is 1. The average Bonchev–Trinajstić information content (AvgIpc) is 2.97. The molecule has 6 nitrogen and oxygen atoms in total. The Balaban J connectivity index is 1.49. The van der Waals surface area contributed by atoms with Gasteiger partial charge in [0.2, 0.25) is 11.8 Å². The van der Waals surface area contributed by atoms with E-state index in [0.29, 0.717) is 30.8 Å². The maximum absolute atomic E-state index is 13.5. The van der Waals surface area contributed by atoms with E-state index in [0.717, 1.165) is 24.8 Å². The van der Waals surface area contributed by atoms with Crippen molar-refractivity contribution in [3.63, 3.8) is 0 Å². The summed E-state index contributed by atoms with van der Waals surface area (Å²) in [5.74, 6) is -0.463. The minimum atomic E-state index is -0.463. The van der Waals surface area contributed by atoms with Crippen LogP contribution in [0.2, 0.25) is 0 Å². The summed E-state index contributed by atoms with van der Waals surface area (Å²) in [6, 6.07) is 13.3. The summed E-state index contributed by atoms with van der Waals surface area (Å²) in [6.45, 7) is 2.85. The Hall–Kier alpha value is -3.06. The van der Waals surface area contributed by atoms with Crippen molar-refractivity contribution in [2.75, 3.05) is 25.0 Å². The molecular weight excluding hydrogens is 409 g/mol. The van der Waals surface area contributed by atoms with E-state index in [2.05, 4.69) is 15.5 Å². The van der Waals surface area contributed by atoms with E-state index in [9.17, 15) is 18.8 Å². The number of hydrogen-bond donors (Lipinski definition) is 2. The van der Waals surface area contributed by atoms with Gasteiger partial charge in [0.1, 0.15) is 5.82 Å². The summed E-state index contributed by atoms with van der Waals surface area (Å²) in [7, 11) is 0. The zero-order valence-electron chi connectivity index (χ0n) is 18.2. The second kappa shape index (κ2) is 9.20. The fraction of sp³-hybridized carbons (Fsp3) is 0.400. The van der Waals surface area contributed by atoms with Gasteiger partial charge in [0, 0.05) is 36.7 Å². The minimum Gasteiger partial charge on any atom is -0.349 e. The van der Waals surface area contributed by atoms with Crippen molar-refractivity contribution >= 4 is 23.3 Å². The van der Waals surface area contributed by atoms with Crippen LogP contribution in [-0.2, 0) is 9.59 Å². The van der Waals surface area contributed by atoms with Crippen molar-refractivity contribution in [3.8, 4) is 0 Å². The Bertz CT molecular complexity index is 1010. The highest BCUT2D eigenvalue weighted by molar-refractivity contribution is 5.96. The summed E-state index contributed by atoms with van der Waals surface area (Å²) in [4.78, 5) is 38.6. The lowest BCUT2D eigenvalue weighted by Crippen LogP contribution is -2.52. The van der Waals surface area contributed by atoms with Gasteiger partial charge in [0.25, 0.3) is 0 Å². The molecule has 4 rings (SSSR count). The van der Waals surface area contributed by atoms with Crippen molar-refractivity contribution in [1.29, 1.82) is 0 Å². The van der Waals surface area contributed by atoms with Gasteiger partial charge in [0.15, 0.2) is 5.78 Å². The highest BCUT2D eigenvalue weighted by atomic mass is 19.1. The van der Waals surface area contributed by atoms with E-state index in [1.165, 1.54) is 19.1 Å². The molecule has 2 amide bonds. The molecule has 0 aromatic heterocycles. The third-order valence-electron chi connectivity index (χ3n) is 6.49. The molecule has 7 heteroatoms. The zero-order valence-corrected chi connectivity index (χ0v) is 18.2. The average molecular weight is 438 g/mol. The maximum Gasteiger partial charge on any atom is 0.238 e. The zero-order chi connectivity index (χ0) is 22.7. The molecule has 32 heavy (non-hydrogen) atoms. The molecule has 0 aliphatic carbocycles. The third kappa shape index (κ3) is 4.88. The first-order valence-corrected chi connectivity index (χ1v) is 11.0. The normalized spacial score (nSPS) is 23.6.